The van der Waals surface area contributed by atoms with Crippen molar-refractivity contribution < 1.29 is 0 Å². The average molecular weight is 389 g/mol. The van der Waals surface area contributed by atoms with Gasteiger partial charge in [0.25, 0.3) is 5.56 Å². The van der Waals surface area contributed by atoms with E-state index in [1.165, 1.54) is 17.3 Å². The first kappa shape index (κ1) is 18.3. The van der Waals surface area contributed by atoms with Crippen LogP contribution in [-0.4, -0.2) is 24.9 Å². The maximum Gasteiger partial charge on any atom is 0.267 e. The lowest BCUT2D eigenvalue weighted by Crippen LogP contribution is -2.21. The lowest BCUT2D eigenvalue weighted by Gasteiger charge is -2.13. The molecule has 4 aromatic rings. The van der Waals surface area contributed by atoms with Gasteiger partial charge in [-0.1, -0.05) is 49.9 Å². The predicted octanol–water partition coefficient (Wildman–Crippen LogP) is 4.16. The highest BCUT2D eigenvalue weighted by Gasteiger charge is 2.18. The lowest BCUT2D eigenvalue weighted by molar-refractivity contribution is 0.733. The first-order valence-corrected chi connectivity index (χ1v) is 10.1. The number of nitrogens with zero attached hydrogens (tertiary/aromatic N) is 5. The summed E-state index contributed by atoms with van der Waals surface area (Å²) in [5.74, 6) is 1.17. The quantitative estimate of drug-likeness (QED) is 0.479. The first-order valence-electron chi connectivity index (χ1n) is 9.14. The van der Waals surface area contributed by atoms with E-state index in [-0.39, 0.29) is 11.3 Å². The van der Waals surface area contributed by atoms with Crippen LogP contribution in [0, 0.1) is 11.3 Å². The number of thioether (sulfide) groups is 1. The van der Waals surface area contributed by atoms with E-state index in [0.29, 0.717) is 22.2 Å². The Morgan fingerprint density at radius 2 is 1.89 bits per heavy atom. The van der Waals surface area contributed by atoms with Crippen molar-refractivity contribution >= 4 is 28.4 Å². The zero-order valence-electron chi connectivity index (χ0n) is 15.7. The van der Waals surface area contributed by atoms with Gasteiger partial charge in [0.1, 0.15) is 0 Å². The molecule has 1 atom stereocenters. The van der Waals surface area contributed by atoms with E-state index in [1.807, 2.05) is 34.7 Å². The summed E-state index contributed by atoms with van der Waals surface area (Å²) in [5.41, 5.74) is 2.59. The molecule has 2 aromatic heterocycles. The molecular formula is C21H19N5OS. The minimum Gasteiger partial charge on any atom is -0.268 e. The van der Waals surface area contributed by atoms with Gasteiger partial charge < -0.3 is 0 Å². The Hall–Kier alpha value is -3.11. The molecule has 4 rings (SSSR count). The smallest absolute Gasteiger partial charge is 0.267 e. The SMILES string of the molecule is CC[C@@H](C)c1ccc(-n2c(=O)c3ccccc3n3c(SCC#N)nnc23)cc1. The maximum absolute atomic E-state index is 13.3. The normalized spacial score (nSPS) is 12.3. The van der Waals surface area contributed by atoms with Gasteiger partial charge in [0.2, 0.25) is 5.78 Å². The van der Waals surface area contributed by atoms with Crippen LogP contribution in [-0.2, 0) is 0 Å². The maximum atomic E-state index is 13.3. The zero-order chi connectivity index (χ0) is 19.7. The largest absolute Gasteiger partial charge is 0.268 e. The van der Waals surface area contributed by atoms with Crippen molar-refractivity contribution in [3.8, 4) is 11.8 Å². The third-order valence-corrected chi connectivity index (χ3v) is 5.79. The summed E-state index contributed by atoms with van der Waals surface area (Å²) in [6.07, 6.45) is 1.06. The molecule has 0 bridgehead atoms. The van der Waals surface area contributed by atoms with Gasteiger partial charge in [0, 0.05) is 0 Å². The summed E-state index contributed by atoms with van der Waals surface area (Å²) in [4.78, 5) is 13.3. The number of para-hydroxylation sites is 1. The second-order valence-corrected chi connectivity index (χ2v) is 7.57. The van der Waals surface area contributed by atoms with E-state index in [9.17, 15) is 4.79 Å². The van der Waals surface area contributed by atoms with E-state index in [0.717, 1.165) is 17.6 Å². The molecule has 0 aliphatic heterocycles. The number of nitriles is 1. The van der Waals surface area contributed by atoms with Crippen LogP contribution in [0.25, 0.3) is 22.4 Å². The van der Waals surface area contributed by atoms with Gasteiger partial charge in [-0.15, -0.1) is 10.2 Å². The Morgan fingerprint density at radius 3 is 2.61 bits per heavy atom. The predicted molar refractivity (Wildman–Crippen MR) is 111 cm³/mol. The van der Waals surface area contributed by atoms with Crippen molar-refractivity contribution in [1.82, 2.24) is 19.2 Å². The molecular weight excluding hydrogens is 370 g/mol. The number of rotatable bonds is 5. The van der Waals surface area contributed by atoms with E-state index in [4.69, 9.17) is 5.26 Å². The molecule has 0 aliphatic carbocycles. The number of hydrogen-bond donors (Lipinski definition) is 0. The van der Waals surface area contributed by atoms with Crippen molar-refractivity contribution in [3.05, 3.63) is 64.4 Å². The van der Waals surface area contributed by atoms with Crippen molar-refractivity contribution in [3.63, 3.8) is 0 Å². The van der Waals surface area contributed by atoms with Gasteiger partial charge in [-0.3, -0.25) is 9.20 Å². The molecule has 0 saturated carbocycles. The van der Waals surface area contributed by atoms with Crippen molar-refractivity contribution in [2.24, 2.45) is 0 Å². The molecule has 0 saturated heterocycles. The summed E-state index contributed by atoms with van der Waals surface area (Å²) in [6.45, 7) is 4.35. The molecule has 6 nitrogen and oxygen atoms in total. The fourth-order valence-electron chi connectivity index (χ4n) is 3.29. The fraction of sp³-hybridized carbons (Fsp3) is 0.238. The number of benzene rings is 2. The van der Waals surface area contributed by atoms with Gasteiger partial charge in [-0.05, 0) is 42.2 Å². The molecule has 2 heterocycles. The van der Waals surface area contributed by atoms with E-state index < -0.39 is 0 Å². The first-order chi connectivity index (χ1) is 13.7. The monoisotopic (exact) mass is 389 g/mol. The van der Waals surface area contributed by atoms with E-state index in [2.05, 4.69) is 42.2 Å². The van der Waals surface area contributed by atoms with Gasteiger partial charge in [0.05, 0.1) is 28.4 Å². The summed E-state index contributed by atoms with van der Waals surface area (Å²) in [7, 11) is 0. The van der Waals surface area contributed by atoms with Gasteiger partial charge in [-0.25, -0.2) is 4.57 Å². The highest BCUT2D eigenvalue weighted by molar-refractivity contribution is 7.99. The minimum atomic E-state index is -0.136. The van der Waals surface area contributed by atoms with Gasteiger partial charge >= 0.3 is 0 Å². The van der Waals surface area contributed by atoms with Gasteiger partial charge in [0.15, 0.2) is 5.16 Å². The van der Waals surface area contributed by atoms with Crippen LogP contribution in [0.3, 0.4) is 0 Å². The third kappa shape index (κ3) is 2.96. The van der Waals surface area contributed by atoms with Crippen LogP contribution in [0.5, 0.6) is 0 Å². The summed E-state index contributed by atoms with van der Waals surface area (Å²) < 4.78 is 3.44. The molecule has 0 amide bonds. The number of fused-ring (bicyclic) bond motifs is 3. The molecule has 2 aromatic carbocycles. The third-order valence-electron chi connectivity index (χ3n) is 4.99. The summed E-state index contributed by atoms with van der Waals surface area (Å²) >= 11 is 1.30. The number of hydrogen-bond acceptors (Lipinski definition) is 5. The van der Waals surface area contributed by atoms with Crippen LogP contribution in [0.4, 0.5) is 0 Å². The Bertz CT molecular complexity index is 1250. The van der Waals surface area contributed by atoms with Crippen LogP contribution in [0.15, 0.2) is 58.5 Å². The molecule has 0 spiro atoms. The van der Waals surface area contributed by atoms with Gasteiger partial charge in [-0.2, -0.15) is 5.26 Å². The van der Waals surface area contributed by atoms with Crippen LogP contribution >= 0.6 is 11.8 Å². The lowest BCUT2D eigenvalue weighted by atomic mass is 9.98. The van der Waals surface area contributed by atoms with Crippen molar-refractivity contribution in [2.75, 3.05) is 5.75 Å². The minimum absolute atomic E-state index is 0.136. The Balaban J connectivity index is 2.00. The Kier molecular flexibility index (Phi) is 4.88. The fourth-order valence-corrected chi connectivity index (χ4v) is 3.89. The van der Waals surface area contributed by atoms with E-state index >= 15 is 0 Å². The molecule has 28 heavy (non-hydrogen) atoms. The van der Waals surface area contributed by atoms with Crippen LogP contribution < -0.4 is 5.56 Å². The second kappa shape index (κ2) is 7.49. The summed E-state index contributed by atoms with van der Waals surface area (Å²) in [6, 6.07) is 17.5. The van der Waals surface area contributed by atoms with E-state index in [1.54, 1.807) is 10.6 Å². The molecule has 0 fully saturated rings. The van der Waals surface area contributed by atoms with Crippen molar-refractivity contribution in [1.29, 1.82) is 5.26 Å². The zero-order valence-corrected chi connectivity index (χ0v) is 16.5. The Morgan fingerprint density at radius 1 is 1.14 bits per heavy atom. The highest BCUT2D eigenvalue weighted by Crippen LogP contribution is 2.24. The molecule has 0 aliphatic rings. The van der Waals surface area contributed by atoms with Crippen LogP contribution in [0.2, 0.25) is 0 Å². The molecule has 0 N–H and O–H groups in total. The summed E-state index contributed by atoms with van der Waals surface area (Å²) in [5, 5.41) is 18.6. The number of aromatic nitrogens is 4. The van der Waals surface area contributed by atoms with Crippen LogP contribution in [0.1, 0.15) is 31.7 Å². The molecule has 140 valence electrons. The second-order valence-electron chi connectivity index (χ2n) is 6.62. The average Bonchev–Trinajstić information content (AvgIpc) is 3.16. The standard InChI is InChI=1S/C21H19N5OS/c1-3-14(2)15-8-10-16(11-9-15)25-19(27)17-6-4-5-7-18(17)26-20(25)23-24-21(26)28-13-12-22/h4-11,14H,3,13H2,1-2H3/t14-/m1/s1. The molecule has 7 heteroatoms. The molecule has 0 radical (unpaired) electrons. The Labute approximate surface area is 166 Å². The molecule has 0 unspecified atom stereocenters. The van der Waals surface area contributed by atoms with Crippen molar-refractivity contribution in [2.45, 2.75) is 31.3 Å². The highest BCUT2D eigenvalue weighted by atomic mass is 32.2. The topological polar surface area (TPSA) is 76.0 Å².